The first kappa shape index (κ1) is 29.8. The van der Waals surface area contributed by atoms with Gasteiger partial charge in [0.25, 0.3) is 0 Å². The third kappa shape index (κ3) is 6.85. The van der Waals surface area contributed by atoms with E-state index < -0.39 is 71.3 Å². The normalized spacial score (nSPS) is 39.5. The van der Waals surface area contributed by atoms with Gasteiger partial charge in [-0.1, -0.05) is 0 Å². The Hall–Kier alpha value is -1.68. The molecule has 5 rings (SSSR count). The highest BCUT2D eigenvalue weighted by molar-refractivity contribution is 7.48. The number of aliphatic hydroxyl groups is 4. The van der Waals surface area contributed by atoms with E-state index in [1.807, 2.05) is 0 Å². The van der Waals surface area contributed by atoms with Gasteiger partial charge in [0.1, 0.15) is 30.5 Å². The minimum Gasteiger partial charge on any atom is -0.388 e. The van der Waals surface area contributed by atoms with Crippen LogP contribution in [0.3, 0.4) is 0 Å². The SMILES string of the molecule is O=[P@]1(OCC(O)[C@H]2O[C@H](O[P@]3(=O)OCC[C@H](c4ccncc4)O3)[C@@H](O)[C@@H](O)[C@@H]2O)OCC[C@@H](c2ccncc2)O1. The van der Waals surface area contributed by atoms with Crippen molar-refractivity contribution >= 4 is 15.6 Å². The first-order valence-electron chi connectivity index (χ1n) is 12.5. The van der Waals surface area contributed by atoms with Crippen LogP contribution in [0.25, 0.3) is 0 Å². The van der Waals surface area contributed by atoms with E-state index in [1.54, 1.807) is 36.7 Å². The van der Waals surface area contributed by atoms with Crippen LogP contribution in [0.1, 0.15) is 36.2 Å². The molecule has 0 aliphatic carbocycles. The van der Waals surface area contributed by atoms with Crippen LogP contribution in [-0.2, 0) is 41.0 Å². The summed E-state index contributed by atoms with van der Waals surface area (Å²) in [6.07, 6.45) is -5.12. The Morgan fingerprint density at radius 3 is 1.93 bits per heavy atom. The van der Waals surface area contributed by atoms with Crippen LogP contribution < -0.4 is 0 Å². The first-order chi connectivity index (χ1) is 19.2. The van der Waals surface area contributed by atoms with E-state index in [1.165, 1.54) is 12.4 Å². The number of hydrogen-bond acceptors (Lipinski definition) is 15. The summed E-state index contributed by atoms with van der Waals surface area (Å²) in [5.74, 6) is 0. The molecule has 2 aromatic heterocycles. The number of phosphoric ester groups is 2. The van der Waals surface area contributed by atoms with Gasteiger partial charge < -0.3 is 25.2 Å². The summed E-state index contributed by atoms with van der Waals surface area (Å²) in [7, 11) is -8.46. The van der Waals surface area contributed by atoms with Gasteiger partial charge in [0, 0.05) is 37.6 Å². The average molecular weight is 604 g/mol. The van der Waals surface area contributed by atoms with Crippen LogP contribution in [0.4, 0.5) is 0 Å². The average Bonchev–Trinajstić information content (AvgIpc) is 2.97. The maximum Gasteiger partial charge on any atom is 0.477 e. The van der Waals surface area contributed by atoms with Crippen LogP contribution in [0.15, 0.2) is 49.1 Å². The molecule has 220 valence electrons. The quantitative estimate of drug-likeness (QED) is 0.316. The second-order valence-electron chi connectivity index (χ2n) is 9.30. The molecule has 3 fully saturated rings. The molecule has 3 aliphatic rings. The zero-order chi connectivity index (χ0) is 28.3. The van der Waals surface area contributed by atoms with Crippen molar-refractivity contribution in [2.75, 3.05) is 19.8 Å². The number of pyridine rings is 2. The fraction of sp³-hybridized carbons (Fsp3) is 0.565. The molecule has 1 unspecified atom stereocenters. The summed E-state index contributed by atoms with van der Waals surface area (Å²) in [5, 5.41) is 42.0. The Bertz CT molecular complexity index is 1210. The minimum absolute atomic E-state index is 0.00602. The lowest BCUT2D eigenvalue weighted by Gasteiger charge is -2.43. The summed E-state index contributed by atoms with van der Waals surface area (Å²) in [6.45, 7) is -0.667. The van der Waals surface area contributed by atoms with E-state index in [4.69, 9.17) is 31.9 Å². The lowest BCUT2D eigenvalue weighted by Crippen LogP contribution is -2.61. The van der Waals surface area contributed by atoms with Gasteiger partial charge >= 0.3 is 15.6 Å². The summed E-state index contributed by atoms with van der Waals surface area (Å²) in [5.41, 5.74) is 1.38. The summed E-state index contributed by atoms with van der Waals surface area (Å²) < 4.78 is 63.9. The van der Waals surface area contributed by atoms with Crippen molar-refractivity contribution in [3.05, 3.63) is 60.2 Å². The van der Waals surface area contributed by atoms with Gasteiger partial charge in [-0.2, -0.15) is 0 Å². The molecule has 17 heteroatoms. The van der Waals surface area contributed by atoms with E-state index in [9.17, 15) is 29.6 Å². The Morgan fingerprint density at radius 1 is 0.825 bits per heavy atom. The summed E-state index contributed by atoms with van der Waals surface area (Å²) in [6, 6.07) is 6.73. The number of hydrogen-bond donors (Lipinski definition) is 4. The van der Waals surface area contributed by atoms with E-state index >= 15 is 0 Å². The molecule has 3 saturated heterocycles. The number of nitrogens with zero attached hydrogens (tertiary/aromatic N) is 2. The zero-order valence-electron chi connectivity index (χ0n) is 21.0. The van der Waals surface area contributed by atoms with Crippen molar-refractivity contribution in [3.8, 4) is 0 Å². The third-order valence-corrected chi connectivity index (χ3v) is 9.50. The highest BCUT2D eigenvalue weighted by Crippen LogP contribution is 2.59. The fourth-order valence-electron chi connectivity index (χ4n) is 4.42. The Labute approximate surface area is 229 Å². The van der Waals surface area contributed by atoms with Crippen LogP contribution in [0, 0.1) is 0 Å². The standard InChI is InChI=1S/C23H30N2O13P2/c26-16(13-34-39(30)32-11-5-17(36-39)14-1-7-24-8-2-14)22-20(28)19(27)21(29)23(35-22)38-40(31)33-12-6-18(37-40)15-3-9-25-10-4-15/h1-4,7-10,16-23,26-29H,5-6,11-13H2/t16?,17-,18+,19-,20-,21-,22+,23+,39+,40+/m0/s1. The number of phosphoric acid groups is 2. The van der Waals surface area contributed by atoms with Crippen molar-refractivity contribution in [3.63, 3.8) is 0 Å². The lowest BCUT2D eigenvalue weighted by molar-refractivity contribution is -0.294. The molecule has 0 bridgehead atoms. The van der Waals surface area contributed by atoms with Crippen LogP contribution in [0.2, 0.25) is 0 Å². The largest absolute Gasteiger partial charge is 0.477 e. The first-order valence-corrected chi connectivity index (χ1v) is 15.4. The smallest absolute Gasteiger partial charge is 0.388 e. The molecular weight excluding hydrogens is 574 g/mol. The molecule has 2 aromatic rings. The molecule has 15 nitrogen and oxygen atoms in total. The fourth-order valence-corrected chi connectivity index (χ4v) is 7.29. The second-order valence-corrected chi connectivity index (χ2v) is 12.5. The maximum atomic E-state index is 13.2. The highest BCUT2D eigenvalue weighted by atomic mass is 31.2. The number of aromatic nitrogens is 2. The Balaban J connectivity index is 1.21. The molecule has 40 heavy (non-hydrogen) atoms. The molecule has 4 N–H and O–H groups in total. The number of ether oxygens (including phenoxy) is 1. The molecule has 5 heterocycles. The number of rotatable bonds is 8. The van der Waals surface area contributed by atoms with Gasteiger partial charge in [0.05, 0.1) is 32.0 Å². The molecule has 0 radical (unpaired) electrons. The molecule has 0 amide bonds. The Morgan fingerprint density at radius 2 is 1.35 bits per heavy atom. The van der Waals surface area contributed by atoms with E-state index in [2.05, 4.69) is 9.97 Å². The van der Waals surface area contributed by atoms with Crippen molar-refractivity contribution in [2.45, 2.75) is 61.9 Å². The predicted molar refractivity (Wildman–Crippen MR) is 132 cm³/mol. The third-order valence-electron chi connectivity index (χ3n) is 6.55. The molecule has 0 aromatic carbocycles. The molecule has 10 atom stereocenters. The van der Waals surface area contributed by atoms with Crippen LogP contribution in [0.5, 0.6) is 0 Å². The van der Waals surface area contributed by atoms with Gasteiger partial charge in [-0.3, -0.25) is 37.1 Å². The van der Waals surface area contributed by atoms with Crippen molar-refractivity contribution in [1.82, 2.24) is 9.97 Å². The van der Waals surface area contributed by atoms with Gasteiger partial charge in [-0.15, -0.1) is 0 Å². The molecule has 0 saturated carbocycles. The monoisotopic (exact) mass is 604 g/mol. The molecule has 3 aliphatic heterocycles. The number of aliphatic hydroxyl groups excluding tert-OH is 4. The highest BCUT2D eigenvalue weighted by Gasteiger charge is 2.51. The van der Waals surface area contributed by atoms with Crippen molar-refractivity contribution < 1.29 is 61.4 Å². The van der Waals surface area contributed by atoms with E-state index in [0.29, 0.717) is 24.0 Å². The summed E-state index contributed by atoms with van der Waals surface area (Å²) >= 11 is 0. The second kappa shape index (κ2) is 12.7. The van der Waals surface area contributed by atoms with E-state index in [0.717, 1.165) is 0 Å². The lowest BCUT2D eigenvalue weighted by atomic mass is 9.96. The summed E-state index contributed by atoms with van der Waals surface area (Å²) in [4.78, 5) is 7.86. The zero-order valence-corrected chi connectivity index (χ0v) is 22.8. The predicted octanol–water partition coefficient (Wildman–Crippen LogP) is 1.55. The van der Waals surface area contributed by atoms with Crippen LogP contribution >= 0.6 is 15.6 Å². The topological polar surface area (TPSA) is 205 Å². The minimum atomic E-state index is -4.33. The van der Waals surface area contributed by atoms with Crippen LogP contribution in [-0.4, -0.2) is 87.0 Å². The molecular formula is C23H30N2O13P2. The van der Waals surface area contributed by atoms with Gasteiger partial charge in [0.15, 0.2) is 6.29 Å². The Kier molecular flexibility index (Phi) is 9.44. The van der Waals surface area contributed by atoms with Gasteiger partial charge in [-0.05, 0) is 35.4 Å². The maximum absolute atomic E-state index is 13.2. The van der Waals surface area contributed by atoms with Gasteiger partial charge in [-0.25, -0.2) is 9.13 Å². The molecule has 0 spiro atoms. The van der Waals surface area contributed by atoms with Gasteiger partial charge in [0.2, 0.25) is 0 Å². The van der Waals surface area contributed by atoms with Crippen molar-refractivity contribution in [2.24, 2.45) is 0 Å². The van der Waals surface area contributed by atoms with Crippen molar-refractivity contribution in [1.29, 1.82) is 0 Å². The van der Waals surface area contributed by atoms with E-state index in [-0.39, 0.29) is 13.2 Å².